The first kappa shape index (κ1) is 29.5. The number of furan rings is 1. The van der Waals surface area contributed by atoms with Crippen LogP contribution in [0.4, 0.5) is 13.6 Å². The molecule has 238 valence electrons. The number of hydrogen-bond acceptors (Lipinski definition) is 10. The van der Waals surface area contributed by atoms with E-state index in [1.807, 2.05) is 24.3 Å². The molecule has 1 amide bonds. The lowest BCUT2D eigenvalue weighted by Gasteiger charge is -2.51. The highest BCUT2D eigenvalue weighted by molar-refractivity contribution is 5.97. The molecule has 2 atom stereocenters. The first-order valence-corrected chi connectivity index (χ1v) is 14.4. The molecule has 12 nitrogen and oxygen atoms in total. The van der Waals surface area contributed by atoms with Crippen molar-refractivity contribution in [3.05, 3.63) is 99.7 Å². The molecule has 0 spiro atoms. The third-order valence-electron chi connectivity index (χ3n) is 8.16. The van der Waals surface area contributed by atoms with E-state index in [0.29, 0.717) is 28.0 Å². The van der Waals surface area contributed by atoms with Crippen LogP contribution in [0, 0.1) is 11.6 Å². The van der Waals surface area contributed by atoms with Crippen molar-refractivity contribution in [1.29, 1.82) is 0 Å². The molecule has 1 fully saturated rings. The number of halogens is 2. The van der Waals surface area contributed by atoms with Crippen molar-refractivity contribution < 1.29 is 46.5 Å². The van der Waals surface area contributed by atoms with Crippen LogP contribution < -0.4 is 15.2 Å². The summed E-state index contributed by atoms with van der Waals surface area (Å²) in [5.41, 5.74) is 1.26. The summed E-state index contributed by atoms with van der Waals surface area (Å²) < 4.78 is 64.1. The third-order valence-corrected chi connectivity index (χ3v) is 8.16. The summed E-state index contributed by atoms with van der Waals surface area (Å²) in [5.74, 6) is -2.63. The maximum absolute atomic E-state index is 15.8. The second-order valence-electron chi connectivity index (χ2n) is 10.6. The molecule has 0 N–H and O–H groups in total. The number of hydrogen-bond donors (Lipinski definition) is 0. The van der Waals surface area contributed by atoms with Crippen molar-refractivity contribution in [2.75, 3.05) is 51.9 Å². The van der Waals surface area contributed by atoms with Crippen LogP contribution in [0.3, 0.4) is 0 Å². The Balaban J connectivity index is 1.40. The zero-order chi connectivity index (χ0) is 31.9. The van der Waals surface area contributed by atoms with E-state index in [0.717, 1.165) is 6.07 Å². The van der Waals surface area contributed by atoms with Gasteiger partial charge in [0, 0.05) is 42.6 Å². The molecule has 2 aliphatic heterocycles. The Labute approximate surface area is 260 Å². The van der Waals surface area contributed by atoms with Gasteiger partial charge in [-0.05, 0) is 23.3 Å². The Bertz CT molecular complexity index is 1890. The fourth-order valence-corrected chi connectivity index (χ4v) is 6.22. The van der Waals surface area contributed by atoms with Gasteiger partial charge in [0.15, 0.2) is 17.3 Å². The molecule has 4 aromatic rings. The smallest absolute Gasteiger partial charge is 0.464 e. The lowest BCUT2D eigenvalue weighted by molar-refractivity contribution is -0.0216. The minimum absolute atomic E-state index is 0.00424. The lowest BCUT2D eigenvalue weighted by Crippen LogP contribution is -2.66. The van der Waals surface area contributed by atoms with Crippen molar-refractivity contribution in [2.24, 2.45) is 0 Å². The molecule has 0 radical (unpaired) electrons. The first-order valence-electron chi connectivity index (χ1n) is 14.4. The molecule has 0 saturated carbocycles. The molecule has 7 rings (SSSR count). The van der Waals surface area contributed by atoms with Crippen LogP contribution >= 0.6 is 0 Å². The number of methoxy groups -OCH3 is 1. The molecule has 14 heteroatoms. The number of morpholine rings is 1. The molecule has 4 heterocycles. The molecular formula is C32H27F2N3O9. The van der Waals surface area contributed by atoms with E-state index in [1.165, 1.54) is 41.3 Å². The summed E-state index contributed by atoms with van der Waals surface area (Å²) in [5, 5.41) is 1.78. The molecule has 46 heavy (non-hydrogen) atoms. The number of aromatic nitrogens is 1. The molecule has 0 bridgehead atoms. The molecule has 1 saturated heterocycles. The average molecular weight is 636 g/mol. The van der Waals surface area contributed by atoms with Gasteiger partial charge in [0.25, 0.3) is 5.91 Å². The Morgan fingerprint density at radius 1 is 1.00 bits per heavy atom. The van der Waals surface area contributed by atoms with Gasteiger partial charge in [0.2, 0.25) is 18.0 Å². The van der Waals surface area contributed by atoms with Gasteiger partial charge in [-0.1, -0.05) is 30.3 Å². The number of carbonyl (C=O) groups is 2. The number of pyridine rings is 1. The van der Waals surface area contributed by atoms with E-state index in [-0.39, 0.29) is 50.0 Å². The number of ether oxygens (including phenoxy) is 5. The number of benzene rings is 2. The van der Waals surface area contributed by atoms with Gasteiger partial charge in [-0.25, -0.2) is 13.6 Å². The normalized spacial score (nSPS) is 18.0. The van der Waals surface area contributed by atoms with Crippen molar-refractivity contribution in [2.45, 2.75) is 12.2 Å². The first-order chi connectivity index (χ1) is 22.4. The third kappa shape index (κ3) is 4.77. The van der Waals surface area contributed by atoms with Crippen LogP contribution in [0.5, 0.6) is 5.75 Å². The van der Waals surface area contributed by atoms with Gasteiger partial charge < -0.3 is 33.0 Å². The maximum Gasteiger partial charge on any atom is 0.511 e. The van der Waals surface area contributed by atoms with Gasteiger partial charge in [0.05, 0.1) is 32.1 Å². The predicted octanol–water partition coefficient (Wildman–Crippen LogP) is 4.04. The molecule has 1 aliphatic carbocycles. The highest BCUT2D eigenvalue weighted by Gasteiger charge is 2.47. The summed E-state index contributed by atoms with van der Waals surface area (Å²) in [6, 6.07) is 11.8. The van der Waals surface area contributed by atoms with Gasteiger partial charge in [-0.15, -0.1) is 0 Å². The Morgan fingerprint density at radius 3 is 2.70 bits per heavy atom. The fourth-order valence-electron chi connectivity index (χ4n) is 6.22. The fraction of sp³-hybridized carbons (Fsp3) is 0.281. The van der Waals surface area contributed by atoms with Crippen LogP contribution in [-0.2, 0) is 18.9 Å². The van der Waals surface area contributed by atoms with Gasteiger partial charge in [-0.3, -0.25) is 19.3 Å². The SMILES string of the molecule is COCCOC(=O)OCOc1c2n(ccc1=O)N([C@@H]1c3ccccc3-c3occc3-c3c1ccc(F)c3F)[C@@H]1COCCN1C2=O. The molecular weight excluding hydrogens is 608 g/mol. The van der Waals surface area contributed by atoms with Crippen molar-refractivity contribution >= 4 is 12.1 Å². The Kier molecular flexibility index (Phi) is 7.66. The molecule has 3 aliphatic rings. The number of nitrogens with zero attached hydrogens (tertiary/aromatic N) is 3. The Hall–Kier alpha value is -5.21. The van der Waals surface area contributed by atoms with E-state index in [4.69, 9.17) is 28.1 Å². The second kappa shape index (κ2) is 11.9. The van der Waals surface area contributed by atoms with Crippen LogP contribution in [0.1, 0.15) is 27.7 Å². The molecule has 0 unspecified atom stereocenters. The topological polar surface area (TPSA) is 122 Å². The maximum atomic E-state index is 15.8. The number of amides is 1. The standard InChI is InChI=1S/C32H27F2N3O9/c1-41-14-15-44-32(40)46-17-45-30-23(38)8-10-36-28(30)31(39)35-11-13-42-16-24(35)37(36)27-18-4-2-3-5-19(18)29-21(9-12-43-29)25-20(27)6-7-22(33)26(25)34/h2-10,12,24,27H,11,13-17H2,1H3/t24-,27-/m1/s1. The van der Waals surface area contributed by atoms with Gasteiger partial charge in [0.1, 0.15) is 18.5 Å². The van der Waals surface area contributed by atoms with E-state index >= 15 is 4.39 Å². The highest BCUT2D eigenvalue weighted by Crippen LogP contribution is 2.49. The van der Waals surface area contributed by atoms with Gasteiger partial charge in [-0.2, -0.15) is 0 Å². The molecule has 2 aromatic heterocycles. The van der Waals surface area contributed by atoms with Crippen molar-refractivity contribution in [1.82, 2.24) is 9.58 Å². The summed E-state index contributed by atoms with van der Waals surface area (Å²) >= 11 is 0. The van der Waals surface area contributed by atoms with Crippen molar-refractivity contribution in [3.8, 4) is 28.2 Å². The van der Waals surface area contributed by atoms with Crippen LogP contribution in [0.2, 0.25) is 0 Å². The number of rotatable bonds is 7. The Morgan fingerprint density at radius 2 is 1.85 bits per heavy atom. The zero-order valence-electron chi connectivity index (χ0n) is 24.4. The van der Waals surface area contributed by atoms with Crippen molar-refractivity contribution in [3.63, 3.8) is 0 Å². The summed E-state index contributed by atoms with van der Waals surface area (Å²) in [6.45, 7) is -0.155. The highest BCUT2D eigenvalue weighted by atomic mass is 19.2. The summed E-state index contributed by atoms with van der Waals surface area (Å²) in [7, 11) is 1.44. The van der Waals surface area contributed by atoms with Gasteiger partial charge >= 0.3 is 6.16 Å². The monoisotopic (exact) mass is 635 g/mol. The van der Waals surface area contributed by atoms with Crippen LogP contribution in [-0.4, -0.2) is 74.7 Å². The second-order valence-corrected chi connectivity index (χ2v) is 10.6. The van der Waals surface area contributed by atoms with E-state index in [1.54, 1.807) is 11.1 Å². The zero-order valence-corrected chi connectivity index (χ0v) is 24.4. The lowest BCUT2D eigenvalue weighted by atomic mass is 9.92. The van der Waals surface area contributed by atoms with E-state index in [9.17, 15) is 18.8 Å². The minimum Gasteiger partial charge on any atom is -0.464 e. The van der Waals surface area contributed by atoms with E-state index < -0.39 is 48.1 Å². The number of carbonyl (C=O) groups excluding carboxylic acids is 2. The largest absolute Gasteiger partial charge is 0.511 e. The van der Waals surface area contributed by atoms with Crippen LogP contribution in [0.15, 0.2) is 70.2 Å². The average Bonchev–Trinajstić information content (AvgIpc) is 3.51. The summed E-state index contributed by atoms with van der Waals surface area (Å²) in [4.78, 5) is 40.7. The number of fused-ring (bicyclic) bond motifs is 7. The van der Waals surface area contributed by atoms with Crippen LogP contribution in [0.25, 0.3) is 22.5 Å². The minimum atomic E-state index is -1.05. The van der Waals surface area contributed by atoms with E-state index in [2.05, 4.69) is 0 Å². The predicted molar refractivity (Wildman–Crippen MR) is 156 cm³/mol. The summed E-state index contributed by atoms with van der Waals surface area (Å²) in [6.07, 6.45) is 1.05. The molecule has 2 aromatic carbocycles. The quantitative estimate of drug-likeness (QED) is 0.167.